The molecule has 1 atom stereocenters. The number of alkyl halides is 3. The van der Waals surface area contributed by atoms with Gasteiger partial charge in [-0.25, -0.2) is 4.57 Å². The Morgan fingerprint density at radius 1 is 0.946 bits per heavy atom. The number of nitrogens with one attached hydrogen (secondary N) is 1. The van der Waals surface area contributed by atoms with Crippen molar-refractivity contribution < 1.29 is 41.6 Å². The van der Waals surface area contributed by atoms with Gasteiger partial charge in [-0.1, -0.05) is 36.4 Å². The van der Waals surface area contributed by atoms with Crippen molar-refractivity contribution in [3.63, 3.8) is 0 Å². The molecule has 0 fully saturated rings. The number of phosphoric ester groups is 1. The predicted molar refractivity (Wildman–Crippen MR) is 132 cm³/mol. The van der Waals surface area contributed by atoms with Gasteiger partial charge in [0.25, 0.3) is 0 Å². The van der Waals surface area contributed by atoms with Crippen molar-refractivity contribution in [1.29, 1.82) is 0 Å². The average molecular weight is 538 g/mol. The van der Waals surface area contributed by atoms with E-state index >= 15 is 0 Å². The summed E-state index contributed by atoms with van der Waals surface area (Å²) in [7, 11) is -4.76. The lowest BCUT2D eigenvalue weighted by Gasteiger charge is -2.23. The number of benzene rings is 3. The van der Waals surface area contributed by atoms with Crippen LogP contribution in [-0.4, -0.2) is 34.4 Å². The summed E-state index contributed by atoms with van der Waals surface area (Å²) in [5.74, 6) is -0.130. The third-order valence-corrected chi connectivity index (χ3v) is 5.79. The summed E-state index contributed by atoms with van der Waals surface area (Å²) in [5.41, 5.74) is 6.31. The highest BCUT2D eigenvalue weighted by molar-refractivity contribution is 7.46. The number of hydrogen-bond donors (Lipinski definition) is 4. The molecule has 0 aliphatic rings. The Bertz CT molecular complexity index is 1240. The zero-order chi connectivity index (χ0) is 27.3. The zero-order valence-corrected chi connectivity index (χ0v) is 20.6. The molecule has 3 aromatic rings. The monoisotopic (exact) mass is 538 g/mol. The Kier molecular flexibility index (Phi) is 8.78. The summed E-state index contributed by atoms with van der Waals surface area (Å²) >= 11 is 0. The minimum Gasteiger partial charge on any atom is -0.493 e. The molecule has 0 saturated heterocycles. The molecule has 12 heteroatoms. The van der Waals surface area contributed by atoms with Crippen molar-refractivity contribution in [2.24, 2.45) is 5.73 Å². The molecular weight excluding hydrogens is 512 g/mol. The number of anilines is 1. The fourth-order valence-electron chi connectivity index (χ4n) is 3.19. The second-order valence-electron chi connectivity index (χ2n) is 8.53. The predicted octanol–water partition coefficient (Wildman–Crippen LogP) is 4.76. The molecule has 0 aliphatic heterocycles. The number of halogens is 3. The Morgan fingerprint density at radius 2 is 1.49 bits per heavy atom. The lowest BCUT2D eigenvalue weighted by atomic mass is 10.0. The lowest BCUT2D eigenvalue weighted by Crippen LogP contribution is -2.52. The highest BCUT2D eigenvalue weighted by Crippen LogP contribution is 2.36. The fourth-order valence-corrected chi connectivity index (χ4v) is 3.63. The van der Waals surface area contributed by atoms with Gasteiger partial charge < -0.3 is 25.6 Å². The SMILES string of the molecule is C[C@](N)(COP(=O)(O)O)C(=O)Nc1ccc(OCCc2ccc(-c3ccc(C(F)(F)F)cc3)cc2)cc1. The zero-order valence-electron chi connectivity index (χ0n) is 19.7. The van der Waals surface area contributed by atoms with E-state index in [2.05, 4.69) is 9.84 Å². The van der Waals surface area contributed by atoms with E-state index in [-0.39, 0.29) is 0 Å². The van der Waals surface area contributed by atoms with E-state index in [1.165, 1.54) is 19.1 Å². The highest BCUT2D eigenvalue weighted by Gasteiger charge is 2.32. The van der Waals surface area contributed by atoms with Crippen LogP contribution in [-0.2, 0) is 26.5 Å². The summed E-state index contributed by atoms with van der Waals surface area (Å²) in [6.45, 7) is 0.979. The Hall–Kier alpha value is -3.21. The van der Waals surface area contributed by atoms with Gasteiger partial charge >= 0.3 is 14.0 Å². The molecule has 0 spiro atoms. The van der Waals surface area contributed by atoms with Crippen LogP contribution in [0.2, 0.25) is 0 Å². The Balaban J connectivity index is 1.48. The van der Waals surface area contributed by atoms with Crippen LogP contribution in [0, 0.1) is 0 Å². The van der Waals surface area contributed by atoms with Crippen molar-refractivity contribution in [1.82, 2.24) is 0 Å². The summed E-state index contributed by atoms with van der Waals surface area (Å²) < 4.78 is 59.1. The Labute approximate surface area is 211 Å². The van der Waals surface area contributed by atoms with E-state index in [0.717, 1.165) is 23.3 Å². The molecule has 5 N–H and O–H groups in total. The summed E-state index contributed by atoms with van der Waals surface area (Å²) in [4.78, 5) is 29.8. The van der Waals surface area contributed by atoms with Crippen molar-refractivity contribution in [3.8, 4) is 16.9 Å². The van der Waals surface area contributed by atoms with Crippen LogP contribution in [0.4, 0.5) is 18.9 Å². The van der Waals surface area contributed by atoms with Gasteiger partial charge in [0, 0.05) is 12.1 Å². The minimum atomic E-state index is -4.76. The second-order valence-corrected chi connectivity index (χ2v) is 9.77. The molecule has 0 unspecified atom stereocenters. The molecule has 8 nitrogen and oxygen atoms in total. The fraction of sp³-hybridized carbons (Fsp3) is 0.240. The lowest BCUT2D eigenvalue weighted by molar-refractivity contribution is -0.137. The topological polar surface area (TPSA) is 131 Å². The number of phosphoric acid groups is 1. The molecule has 37 heavy (non-hydrogen) atoms. The maximum atomic E-state index is 12.7. The van der Waals surface area contributed by atoms with E-state index in [1.54, 1.807) is 24.3 Å². The van der Waals surface area contributed by atoms with Crippen LogP contribution in [0.15, 0.2) is 72.8 Å². The Morgan fingerprint density at radius 3 is 2.00 bits per heavy atom. The molecule has 0 radical (unpaired) electrons. The van der Waals surface area contributed by atoms with Gasteiger partial charge in [0.2, 0.25) is 5.91 Å². The van der Waals surface area contributed by atoms with E-state index in [4.69, 9.17) is 20.3 Å². The number of rotatable bonds is 10. The number of carbonyl (C=O) groups is 1. The van der Waals surface area contributed by atoms with Gasteiger partial charge in [-0.2, -0.15) is 13.2 Å². The molecule has 0 aliphatic carbocycles. The number of carbonyl (C=O) groups excluding carboxylic acids is 1. The van der Waals surface area contributed by atoms with Crippen LogP contribution in [0.5, 0.6) is 5.75 Å². The van der Waals surface area contributed by atoms with E-state index in [0.29, 0.717) is 30.0 Å². The number of amides is 1. The highest BCUT2D eigenvalue weighted by atomic mass is 31.2. The molecule has 0 heterocycles. The van der Waals surface area contributed by atoms with E-state index in [9.17, 15) is 22.5 Å². The van der Waals surface area contributed by atoms with Crippen molar-refractivity contribution in [2.45, 2.75) is 25.1 Å². The summed E-state index contributed by atoms with van der Waals surface area (Å²) in [6, 6.07) is 18.9. The largest absolute Gasteiger partial charge is 0.493 e. The van der Waals surface area contributed by atoms with Crippen molar-refractivity contribution in [2.75, 3.05) is 18.5 Å². The van der Waals surface area contributed by atoms with Crippen LogP contribution in [0.25, 0.3) is 11.1 Å². The molecule has 198 valence electrons. The standard InChI is InChI=1S/C25H26F3N2O6P/c1-24(29,16-36-37(32,33)34)23(31)30-21-10-12-22(13-11-21)35-15-14-17-2-4-18(5-3-17)19-6-8-20(9-7-19)25(26,27)28/h2-13H,14-16,29H2,1H3,(H,30,31)(H2,32,33,34)/t24-/m0/s1. The smallest absolute Gasteiger partial charge is 0.469 e. The van der Waals surface area contributed by atoms with Gasteiger partial charge in [-0.15, -0.1) is 0 Å². The number of ether oxygens (including phenoxy) is 1. The molecule has 3 rings (SSSR count). The number of nitrogens with two attached hydrogens (primary N) is 1. The molecule has 0 saturated carbocycles. The van der Waals surface area contributed by atoms with Crippen LogP contribution in [0.1, 0.15) is 18.1 Å². The van der Waals surface area contributed by atoms with Gasteiger partial charge in [0.1, 0.15) is 11.3 Å². The van der Waals surface area contributed by atoms with Crippen molar-refractivity contribution in [3.05, 3.63) is 83.9 Å². The first-order valence-electron chi connectivity index (χ1n) is 11.0. The van der Waals surface area contributed by atoms with Gasteiger partial charge in [0.05, 0.1) is 18.8 Å². The minimum absolute atomic E-state index is 0.367. The molecule has 0 bridgehead atoms. The molecule has 3 aromatic carbocycles. The maximum Gasteiger partial charge on any atom is 0.469 e. The normalized spacial score (nSPS) is 13.6. The van der Waals surface area contributed by atoms with E-state index < -0.39 is 37.6 Å². The average Bonchev–Trinajstić information content (AvgIpc) is 2.83. The third kappa shape index (κ3) is 8.70. The molecule has 0 aromatic heterocycles. The van der Waals surface area contributed by atoms with Crippen molar-refractivity contribution >= 4 is 19.4 Å². The maximum absolute atomic E-state index is 12.7. The van der Waals surface area contributed by atoms with Gasteiger partial charge in [-0.3, -0.25) is 9.32 Å². The summed E-state index contributed by atoms with van der Waals surface area (Å²) in [5, 5.41) is 2.55. The molecule has 1 amide bonds. The van der Waals surface area contributed by atoms with E-state index in [1.807, 2.05) is 24.3 Å². The van der Waals surface area contributed by atoms with Crippen LogP contribution >= 0.6 is 7.82 Å². The van der Waals surface area contributed by atoms with Crippen LogP contribution < -0.4 is 15.8 Å². The molecular formula is C25H26F3N2O6P. The van der Waals surface area contributed by atoms with Crippen LogP contribution in [0.3, 0.4) is 0 Å². The first-order chi connectivity index (χ1) is 17.2. The second kappa shape index (κ2) is 11.5. The summed E-state index contributed by atoms with van der Waals surface area (Å²) in [6.07, 6.45) is -3.77. The number of hydrogen-bond acceptors (Lipinski definition) is 5. The first kappa shape index (κ1) is 28.4. The first-order valence-corrected chi connectivity index (χ1v) is 12.6. The third-order valence-electron chi connectivity index (χ3n) is 5.32. The quantitative estimate of drug-likeness (QED) is 0.274. The van der Waals surface area contributed by atoms with Gasteiger partial charge in [-0.05, 0) is 60.0 Å². The van der Waals surface area contributed by atoms with Gasteiger partial charge in [0.15, 0.2) is 0 Å².